The Hall–Kier alpha value is -2.66. The molecule has 0 atom stereocenters. The van der Waals surface area contributed by atoms with Gasteiger partial charge in [0.25, 0.3) is 10.1 Å². The van der Waals surface area contributed by atoms with Gasteiger partial charge in [-0.1, -0.05) is 0 Å². The number of carboxylic acids is 1. The molecule has 0 aliphatic carbocycles. The van der Waals surface area contributed by atoms with Crippen LogP contribution in [0.3, 0.4) is 0 Å². The van der Waals surface area contributed by atoms with Crippen molar-refractivity contribution in [2.24, 2.45) is 0 Å². The summed E-state index contributed by atoms with van der Waals surface area (Å²) in [4.78, 5) is 20.2. The lowest BCUT2D eigenvalue weighted by molar-refractivity contribution is 0.0697. The minimum absolute atomic E-state index is 0.103. The minimum atomic E-state index is -4.55. The normalized spacial score (nSPS) is 11.1. The monoisotopic (exact) mass is 313 g/mol. The van der Waals surface area contributed by atoms with Crippen LogP contribution in [0.5, 0.6) is 0 Å². The van der Waals surface area contributed by atoms with Crippen molar-refractivity contribution >= 4 is 27.7 Å². The van der Waals surface area contributed by atoms with Crippen LogP contribution in [0.2, 0.25) is 0 Å². The molecule has 0 aliphatic rings. The van der Waals surface area contributed by atoms with Crippen LogP contribution in [-0.2, 0) is 10.1 Å². The van der Waals surface area contributed by atoms with Crippen molar-refractivity contribution in [2.45, 2.75) is 4.90 Å². The van der Waals surface area contributed by atoms with Gasteiger partial charge in [-0.25, -0.2) is 4.79 Å². The number of aromatic nitrogens is 3. The van der Waals surface area contributed by atoms with Crippen LogP contribution < -0.4 is 5.32 Å². The van der Waals surface area contributed by atoms with Gasteiger partial charge in [-0.2, -0.15) is 27.8 Å². The first-order valence-electron chi connectivity index (χ1n) is 5.17. The number of nitrogens with one attached hydrogen (secondary N) is 1. The molecule has 9 nitrogen and oxygen atoms in total. The van der Waals surface area contributed by atoms with E-state index in [1.54, 1.807) is 0 Å². The van der Waals surface area contributed by atoms with Crippen molar-refractivity contribution in [3.63, 3.8) is 0 Å². The molecule has 1 radical (unpaired) electrons. The van der Waals surface area contributed by atoms with Crippen molar-refractivity contribution in [3.8, 4) is 0 Å². The summed E-state index contributed by atoms with van der Waals surface area (Å²) < 4.78 is 43.6. The summed E-state index contributed by atoms with van der Waals surface area (Å²) in [6.45, 7) is 0. The van der Waals surface area contributed by atoms with E-state index < -0.39 is 32.6 Å². The average Bonchev–Trinajstić information content (AvgIpc) is 2.37. The summed E-state index contributed by atoms with van der Waals surface area (Å²) in [5.41, 5.74) is -0.583. The highest BCUT2D eigenvalue weighted by Crippen LogP contribution is 2.22. The molecule has 2 rings (SSSR count). The number of benzene rings is 1. The first-order chi connectivity index (χ1) is 9.77. The van der Waals surface area contributed by atoms with E-state index in [1.807, 2.05) is 6.33 Å². The van der Waals surface area contributed by atoms with Gasteiger partial charge in [-0.3, -0.25) is 4.55 Å². The minimum Gasteiger partial charge on any atom is -0.478 e. The molecule has 11 heteroatoms. The van der Waals surface area contributed by atoms with Crippen LogP contribution in [0.25, 0.3) is 0 Å². The third-order valence-electron chi connectivity index (χ3n) is 2.26. The molecule has 1 aromatic carbocycles. The predicted molar refractivity (Wildman–Crippen MR) is 65.1 cm³/mol. The highest BCUT2D eigenvalue weighted by molar-refractivity contribution is 7.85. The zero-order chi connectivity index (χ0) is 15.6. The molecule has 0 amide bonds. The molecule has 0 saturated heterocycles. The molecule has 0 aliphatic heterocycles. The number of hydrogen-bond donors (Lipinski definition) is 3. The van der Waals surface area contributed by atoms with Crippen LogP contribution in [0.4, 0.5) is 16.0 Å². The summed E-state index contributed by atoms with van der Waals surface area (Å²) >= 11 is 0. The first kappa shape index (κ1) is 14.7. The quantitative estimate of drug-likeness (QED) is 0.687. The summed E-state index contributed by atoms with van der Waals surface area (Å²) in [6, 6.07) is 2.76. The Morgan fingerprint density at radius 2 is 2.05 bits per heavy atom. The van der Waals surface area contributed by atoms with E-state index in [9.17, 15) is 17.6 Å². The summed E-state index contributed by atoms with van der Waals surface area (Å²) in [7, 11) is -4.55. The zero-order valence-corrected chi connectivity index (χ0v) is 10.8. The second-order valence-electron chi connectivity index (χ2n) is 3.64. The van der Waals surface area contributed by atoms with E-state index in [0.29, 0.717) is 0 Å². The van der Waals surface area contributed by atoms with Crippen LogP contribution in [0.15, 0.2) is 23.1 Å². The Labute approximate surface area is 117 Å². The lowest BCUT2D eigenvalue weighted by atomic mass is 10.2. The molecular weight excluding hydrogens is 307 g/mol. The van der Waals surface area contributed by atoms with Gasteiger partial charge in [0.2, 0.25) is 12.3 Å². The zero-order valence-electron chi connectivity index (χ0n) is 9.98. The fourth-order valence-corrected chi connectivity index (χ4v) is 1.90. The van der Waals surface area contributed by atoms with Crippen molar-refractivity contribution in [3.05, 3.63) is 36.2 Å². The van der Waals surface area contributed by atoms with Crippen LogP contribution in [-0.4, -0.2) is 39.0 Å². The highest BCUT2D eigenvalue weighted by atomic mass is 32.2. The summed E-state index contributed by atoms with van der Waals surface area (Å²) in [6.07, 6.45) is 0.825. The fourth-order valence-electron chi connectivity index (χ4n) is 1.40. The lowest BCUT2D eigenvalue weighted by Gasteiger charge is -2.08. The third kappa shape index (κ3) is 3.46. The number of halogens is 1. The van der Waals surface area contributed by atoms with Crippen molar-refractivity contribution in [1.82, 2.24) is 15.0 Å². The van der Waals surface area contributed by atoms with Gasteiger partial charge in [0, 0.05) is 0 Å². The standard InChI is InChI=1S/C10H6FN4O5S/c11-9-12-4-13-10(15-9)14-7-2-1-5(21(18,19)20)3-6(7)8(16)17/h1-3H,(H,16,17)(H,18,19,20)(H,12,13,14,15). The number of carbonyl (C=O) groups is 1. The number of hydrogen-bond acceptors (Lipinski definition) is 7. The van der Waals surface area contributed by atoms with Crippen LogP contribution in [0, 0.1) is 12.4 Å². The Morgan fingerprint density at radius 1 is 1.33 bits per heavy atom. The maximum atomic E-state index is 12.8. The van der Waals surface area contributed by atoms with E-state index in [2.05, 4.69) is 20.3 Å². The Morgan fingerprint density at radius 3 is 2.62 bits per heavy atom. The molecule has 109 valence electrons. The molecule has 3 N–H and O–H groups in total. The highest BCUT2D eigenvalue weighted by Gasteiger charge is 2.17. The van der Waals surface area contributed by atoms with Crippen molar-refractivity contribution in [1.29, 1.82) is 0 Å². The van der Waals surface area contributed by atoms with Crippen LogP contribution >= 0.6 is 0 Å². The molecule has 0 spiro atoms. The van der Waals surface area contributed by atoms with E-state index in [0.717, 1.165) is 18.2 Å². The molecule has 1 aromatic heterocycles. The van der Waals surface area contributed by atoms with Crippen LogP contribution in [0.1, 0.15) is 10.4 Å². The topological polar surface area (TPSA) is 142 Å². The fraction of sp³-hybridized carbons (Fsp3) is 0. The summed E-state index contributed by atoms with van der Waals surface area (Å²) in [5.74, 6) is -1.79. The molecule has 0 fully saturated rings. The summed E-state index contributed by atoms with van der Waals surface area (Å²) in [5, 5.41) is 11.4. The number of anilines is 2. The molecule has 0 saturated carbocycles. The molecule has 1 heterocycles. The average molecular weight is 313 g/mol. The second-order valence-corrected chi connectivity index (χ2v) is 5.06. The predicted octanol–water partition coefficient (Wildman–Crippen LogP) is 0.499. The van der Waals surface area contributed by atoms with Gasteiger partial charge >= 0.3 is 12.0 Å². The maximum absolute atomic E-state index is 12.8. The van der Waals surface area contributed by atoms with Gasteiger partial charge in [-0.05, 0) is 18.2 Å². The first-order valence-corrected chi connectivity index (χ1v) is 6.61. The number of nitrogens with zero attached hydrogens (tertiary/aromatic N) is 3. The Bertz CT molecular complexity index is 811. The molecule has 2 aromatic rings. The second kappa shape index (κ2) is 5.38. The van der Waals surface area contributed by atoms with E-state index in [-0.39, 0.29) is 11.6 Å². The third-order valence-corrected chi connectivity index (χ3v) is 3.11. The smallest absolute Gasteiger partial charge is 0.337 e. The van der Waals surface area contributed by atoms with Crippen molar-refractivity contribution < 1.29 is 27.3 Å². The SMILES string of the molecule is O=C(O)c1cc(S(=O)(=O)O)ccc1Nc1n[c]nc(F)n1. The van der Waals surface area contributed by atoms with E-state index in [4.69, 9.17) is 9.66 Å². The molecular formula is C10H6FN4O5S. The van der Waals surface area contributed by atoms with Gasteiger partial charge in [0.1, 0.15) is 0 Å². The lowest BCUT2D eigenvalue weighted by Crippen LogP contribution is -2.08. The van der Waals surface area contributed by atoms with E-state index in [1.165, 1.54) is 0 Å². The number of carboxylic acid groups (broad SMARTS) is 1. The molecule has 0 bridgehead atoms. The number of rotatable bonds is 4. The van der Waals surface area contributed by atoms with Gasteiger partial charge in [-0.15, -0.1) is 0 Å². The van der Waals surface area contributed by atoms with Gasteiger partial charge in [0.05, 0.1) is 16.1 Å². The molecule has 21 heavy (non-hydrogen) atoms. The van der Waals surface area contributed by atoms with Gasteiger partial charge in [0.15, 0.2) is 0 Å². The molecule has 0 unspecified atom stereocenters. The maximum Gasteiger partial charge on any atom is 0.337 e. The van der Waals surface area contributed by atoms with Crippen molar-refractivity contribution in [2.75, 3.05) is 5.32 Å². The van der Waals surface area contributed by atoms with E-state index >= 15 is 0 Å². The Kier molecular flexibility index (Phi) is 3.78. The number of aromatic carboxylic acids is 1. The van der Waals surface area contributed by atoms with Gasteiger partial charge < -0.3 is 10.4 Å². The Balaban J connectivity index is 2.47. The largest absolute Gasteiger partial charge is 0.478 e.